The van der Waals surface area contributed by atoms with Crippen LogP contribution >= 0.6 is 41.2 Å². The lowest BCUT2D eigenvalue weighted by molar-refractivity contribution is 0.0835. The second-order valence-corrected chi connectivity index (χ2v) is 20.6. The molecule has 0 aromatic rings. The Balaban J connectivity index is 4.66. The van der Waals surface area contributed by atoms with E-state index < -0.39 is 17.6 Å². The van der Waals surface area contributed by atoms with Crippen molar-refractivity contribution in [1.82, 2.24) is 0 Å². The van der Waals surface area contributed by atoms with Crippen molar-refractivity contribution in [2.45, 2.75) is 76.3 Å². The molecule has 0 unspecified atom stereocenters. The smallest absolute Gasteiger partial charge is 0.377 e. The van der Waals surface area contributed by atoms with Crippen molar-refractivity contribution in [3.8, 4) is 0 Å². The van der Waals surface area contributed by atoms with Crippen molar-refractivity contribution in [2.24, 2.45) is 0 Å². The van der Waals surface area contributed by atoms with Gasteiger partial charge in [0.25, 0.3) is 0 Å². The molecule has 0 aromatic heterocycles. The van der Waals surface area contributed by atoms with Gasteiger partial charge in [0.2, 0.25) is 0 Å². The van der Waals surface area contributed by atoms with Gasteiger partial charge >= 0.3 is 17.6 Å². The molecule has 0 amide bonds. The summed E-state index contributed by atoms with van der Waals surface area (Å²) in [6, 6.07) is 0. The van der Waals surface area contributed by atoms with E-state index in [9.17, 15) is 0 Å². The Morgan fingerprint density at radius 2 is 0.750 bits per heavy atom. The highest BCUT2D eigenvalue weighted by molar-refractivity contribution is 9.26. The molecule has 6 nitrogen and oxygen atoms in total. The molecule has 0 bridgehead atoms. The Morgan fingerprint density at radius 3 is 0.938 bits per heavy atom. The van der Waals surface area contributed by atoms with Crippen LogP contribution < -0.4 is 0 Å². The molecule has 0 fully saturated rings. The molecule has 0 saturated carbocycles. The summed E-state index contributed by atoms with van der Waals surface area (Å²) in [6.45, 7) is 8.84. The average Bonchev–Trinajstić information content (AvgIpc) is 2.85. The van der Waals surface area contributed by atoms with Crippen LogP contribution in [0.2, 0.25) is 10.1 Å². The Kier molecular flexibility index (Phi) is 18.0. The van der Waals surface area contributed by atoms with Crippen LogP contribution in [-0.2, 0) is 26.6 Å². The van der Waals surface area contributed by atoms with Gasteiger partial charge < -0.3 is 26.6 Å². The first-order valence-corrected chi connectivity index (χ1v) is 19.8. The minimum Gasteiger partial charge on any atom is -0.377 e. The summed E-state index contributed by atoms with van der Waals surface area (Å²) < 4.78 is 35.1. The minimum atomic E-state index is -2.70. The van der Waals surface area contributed by atoms with Crippen LogP contribution in [0.3, 0.4) is 0 Å². The normalized spacial score (nSPS) is 13.7. The van der Waals surface area contributed by atoms with Crippen molar-refractivity contribution in [3.05, 3.63) is 0 Å². The van der Waals surface area contributed by atoms with Crippen LogP contribution in [0.5, 0.6) is 0 Å². The Bertz CT molecular complexity index is 418. The largest absolute Gasteiger partial charge is 0.506 e. The van der Waals surface area contributed by atoms with E-state index in [1.54, 1.807) is 42.7 Å². The molecule has 0 radical (unpaired) electrons. The van der Waals surface area contributed by atoms with Gasteiger partial charge in [0.05, 0.1) is 0 Å². The monoisotopic (exact) mass is 566 g/mol. The summed E-state index contributed by atoms with van der Waals surface area (Å²) in [5, 5.41) is -0.0974. The zero-order chi connectivity index (χ0) is 24.7. The van der Waals surface area contributed by atoms with Gasteiger partial charge in [-0.15, -0.1) is 0 Å². The second-order valence-electron chi connectivity index (χ2n) is 7.59. The van der Waals surface area contributed by atoms with Crippen LogP contribution in [0.1, 0.15) is 66.2 Å². The summed E-state index contributed by atoms with van der Waals surface area (Å²) in [4.78, 5) is 0. The minimum absolute atomic E-state index is 0.0487. The van der Waals surface area contributed by atoms with Crippen molar-refractivity contribution < 1.29 is 26.6 Å². The zero-order valence-corrected chi connectivity index (χ0v) is 27.0. The summed E-state index contributed by atoms with van der Waals surface area (Å²) >= 11 is 0. The van der Waals surface area contributed by atoms with E-state index in [1.165, 1.54) is 0 Å². The van der Waals surface area contributed by atoms with E-state index in [4.69, 9.17) is 26.6 Å². The SMILES string of the molecule is CCC(CC)(CCSSSSCCC(CC)(CC)[Si](OC)(OC)OC)[Si](OC)(OC)OC. The van der Waals surface area contributed by atoms with Gasteiger partial charge in [0.1, 0.15) is 0 Å². The van der Waals surface area contributed by atoms with E-state index >= 15 is 0 Å². The van der Waals surface area contributed by atoms with Gasteiger partial charge in [0.15, 0.2) is 0 Å². The van der Waals surface area contributed by atoms with Crippen molar-refractivity contribution in [3.63, 3.8) is 0 Å². The third kappa shape index (κ3) is 7.55. The molecule has 0 spiro atoms. The molecule has 0 saturated heterocycles. The van der Waals surface area contributed by atoms with Crippen molar-refractivity contribution in [1.29, 1.82) is 0 Å². The van der Waals surface area contributed by atoms with Gasteiger partial charge in [-0.2, -0.15) is 0 Å². The van der Waals surface area contributed by atoms with Gasteiger partial charge in [-0.25, -0.2) is 0 Å². The fraction of sp³-hybridized carbons (Fsp3) is 1.00. The number of hydrogen-bond donors (Lipinski definition) is 0. The predicted octanol–water partition coefficient (Wildman–Crippen LogP) is 7.32. The molecule has 0 heterocycles. The zero-order valence-electron chi connectivity index (χ0n) is 21.7. The van der Waals surface area contributed by atoms with E-state index in [0.717, 1.165) is 50.0 Å². The molecule has 0 aliphatic rings. The molecule has 32 heavy (non-hydrogen) atoms. The maximum Gasteiger partial charge on any atom is 0.506 e. The maximum absolute atomic E-state index is 5.84. The molecule has 0 aliphatic heterocycles. The lowest BCUT2D eigenvalue weighted by Crippen LogP contribution is -2.54. The fourth-order valence-electron chi connectivity index (χ4n) is 4.76. The molecule has 194 valence electrons. The highest BCUT2D eigenvalue weighted by atomic mass is 33.7. The van der Waals surface area contributed by atoms with E-state index in [2.05, 4.69) is 27.7 Å². The summed E-state index contributed by atoms with van der Waals surface area (Å²) in [6.07, 6.45) is 5.97. The van der Waals surface area contributed by atoms with Gasteiger partial charge in [-0.3, -0.25) is 0 Å². The predicted molar refractivity (Wildman–Crippen MR) is 149 cm³/mol. The molecule has 12 heteroatoms. The van der Waals surface area contributed by atoms with Gasteiger partial charge in [0, 0.05) is 64.2 Å². The van der Waals surface area contributed by atoms with Crippen LogP contribution in [0.15, 0.2) is 0 Å². The third-order valence-electron chi connectivity index (χ3n) is 7.07. The van der Waals surface area contributed by atoms with Crippen LogP contribution in [0, 0.1) is 0 Å². The molecule has 0 aromatic carbocycles. The quantitative estimate of drug-likeness (QED) is 0.0802. The molecule has 0 atom stereocenters. The molecule has 0 aliphatic carbocycles. The molecule has 0 rings (SSSR count). The summed E-state index contributed by atoms with van der Waals surface area (Å²) in [5.41, 5.74) is 0. The Morgan fingerprint density at radius 1 is 0.500 bits per heavy atom. The summed E-state index contributed by atoms with van der Waals surface area (Å²) in [7, 11) is 12.4. The van der Waals surface area contributed by atoms with Crippen molar-refractivity contribution >= 4 is 58.8 Å². The molecular formula is C20H46O6S4Si2. The average molecular weight is 567 g/mol. The highest BCUT2D eigenvalue weighted by Crippen LogP contribution is 2.53. The van der Waals surface area contributed by atoms with E-state index in [-0.39, 0.29) is 10.1 Å². The van der Waals surface area contributed by atoms with Crippen molar-refractivity contribution in [2.75, 3.05) is 54.2 Å². The third-order valence-corrected chi connectivity index (χ3v) is 21.3. The second kappa shape index (κ2) is 17.1. The molecular weight excluding hydrogens is 521 g/mol. The number of rotatable bonds is 21. The first kappa shape index (κ1) is 33.6. The molecule has 0 N–H and O–H groups in total. The van der Waals surface area contributed by atoms with Crippen LogP contribution in [-0.4, -0.2) is 71.8 Å². The van der Waals surface area contributed by atoms with E-state index in [0.29, 0.717) is 0 Å². The number of hydrogen-bond acceptors (Lipinski definition) is 10. The van der Waals surface area contributed by atoms with E-state index in [1.807, 2.05) is 41.2 Å². The van der Waals surface area contributed by atoms with Gasteiger partial charge in [-0.1, -0.05) is 49.3 Å². The summed E-state index contributed by atoms with van der Waals surface area (Å²) in [5.74, 6) is 2.07. The lowest BCUT2D eigenvalue weighted by atomic mass is 9.99. The topological polar surface area (TPSA) is 55.4 Å². The first-order valence-electron chi connectivity index (χ1n) is 11.2. The van der Waals surface area contributed by atoms with Crippen LogP contribution in [0.25, 0.3) is 0 Å². The standard InChI is InChI=1S/C20H46O6S4Si2/c1-11-19(12-2,31(21-5,22-6)23-7)15-17-27-29-30-28-18-16-20(13-3,14-4)32(24-8,25-9)26-10/h11-18H2,1-10H3. The fourth-order valence-corrected chi connectivity index (χ4v) is 17.7. The Hall–Kier alpha value is 1.59. The maximum atomic E-state index is 5.84. The first-order chi connectivity index (χ1) is 15.3. The lowest BCUT2D eigenvalue weighted by Gasteiger charge is -2.43. The van der Waals surface area contributed by atoms with Gasteiger partial charge in [-0.05, 0) is 58.2 Å². The Labute approximate surface area is 215 Å². The highest BCUT2D eigenvalue weighted by Gasteiger charge is 2.58. The van der Waals surface area contributed by atoms with Crippen LogP contribution in [0.4, 0.5) is 0 Å².